The summed E-state index contributed by atoms with van der Waals surface area (Å²) in [7, 11) is 3.71. The molecule has 1 saturated carbocycles. The Morgan fingerprint density at radius 2 is 1.75 bits per heavy atom. The van der Waals surface area contributed by atoms with Crippen LogP contribution in [0.3, 0.4) is 0 Å². The molecule has 0 aliphatic heterocycles. The Bertz CT molecular complexity index is 491. The molecule has 1 aromatic carbocycles. The summed E-state index contributed by atoms with van der Waals surface area (Å²) in [4.78, 5) is 12.7. The maximum absolute atomic E-state index is 12.7. The van der Waals surface area contributed by atoms with Gasteiger partial charge in [0.2, 0.25) is 0 Å². The molecule has 0 spiro atoms. The first-order valence-corrected chi connectivity index (χ1v) is 8.23. The van der Waals surface area contributed by atoms with Gasteiger partial charge < -0.3 is 9.24 Å². The number of ketones is 1. The van der Waals surface area contributed by atoms with Crippen molar-refractivity contribution in [2.45, 2.75) is 64.5 Å². The van der Waals surface area contributed by atoms with Crippen LogP contribution in [0.4, 0.5) is 0 Å². The van der Waals surface area contributed by atoms with E-state index < -0.39 is 0 Å². The summed E-state index contributed by atoms with van der Waals surface area (Å²) in [5.74, 6) is 0.573. The molecule has 0 saturated heterocycles. The lowest BCUT2D eigenvalue weighted by atomic mass is 9.80. The molecular formula is C18H26OP-. The quantitative estimate of drug-likeness (QED) is 0.542. The van der Waals surface area contributed by atoms with Crippen LogP contribution in [0.25, 0.3) is 0 Å². The zero-order valence-corrected chi connectivity index (χ0v) is 14.1. The Kier molecular flexibility index (Phi) is 4.69. The third-order valence-electron chi connectivity index (χ3n) is 4.46. The summed E-state index contributed by atoms with van der Waals surface area (Å²) in [5, 5.41) is 0. The fraction of sp³-hybridized carbons (Fsp3) is 0.611. The van der Waals surface area contributed by atoms with Crippen molar-refractivity contribution in [2.24, 2.45) is 5.92 Å². The molecule has 0 amide bonds. The number of carbonyl (C=O) groups excluding carboxylic acids is 1. The smallest absolute Gasteiger partial charge is 0.166 e. The lowest BCUT2D eigenvalue weighted by Crippen LogP contribution is -2.23. The van der Waals surface area contributed by atoms with Gasteiger partial charge in [0.1, 0.15) is 0 Å². The average molecular weight is 289 g/mol. The number of carbonyl (C=O) groups is 1. The molecule has 20 heavy (non-hydrogen) atoms. The molecule has 1 aromatic rings. The van der Waals surface area contributed by atoms with Gasteiger partial charge >= 0.3 is 0 Å². The van der Waals surface area contributed by atoms with Gasteiger partial charge in [-0.2, -0.15) is 5.66 Å². The molecule has 1 nitrogen and oxygen atoms in total. The van der Waals surface area contributed by atoms with Crippen molar-refractivity contribution in [3.63, 3.8) is 0 Å². The first-order valence-electron chi connectivity index (χ1n) is 7.65. The van der Waals surface area contributed by atoms with Crippen LogP contribution in [0.1, 0.15) is 67.9 Å². The summed E-state index contributed by atoms with van der Waals surface area (Å²) in [5.41, 5.74) is 4.09. The highest BCUT2D eigenvalue weighted by atomic mass is 31.0. The molecule has 2 rings (SSSR count). The molecule has 2 heteroatoms. The van der Waals surface area contributed by atoms with Gasteiger partial charge in [-0.05, 0) is 36.3 Å². The predicted octanol–water partition coefficient (Wildman–Crippen LogP) is 5.18. The monoisotopic (exact) mass is 289 g/mol. The number of hydrogen-bond acceptors (Lipinski definition) is 1. The summed E-state index contributed by atoms with van der Waals surface area (Å²) in [6.07, 6.45) is 4.28. The molecule has 0 N–H and O–H groups in total. The van der Waals surface area contributed by atoms with Crippen molar-refractivity contribution in [3.05, 3.63) is 34.9 Å². The van der Waals surface area contributed by atoms with Gasteiger partial charge in [0.15, 0.2) is 5.78 Å². The second-order valence-corrected chi connectivity index (χ2v) is 8.01. The van der Waals surface area contributed by atoms with Crippen LogP contribution in [0.2, 0.25) is 0 Å². The van der Waals surface area contributed by atoms with E-state index in [4.69, 9.17) is 0 Å². The van der Waals surface area contributed by atoms with Gasteiger partial charge in [0, 0.05) is 11.5 Å². The number of rotatable bonds is 2. The Morgan fingerprint density at radius 3 is 2.25 bits per heavy atom. The van der Waals surface area contributed by atoms with E-state index in [1.165, 1.54) is 5.56 Å². The molecule has 110 valence electrons. The maximum atomic E-state index is 12.7. The van der Waals surface area contributed by atoms with E-state index in [2.05, 4.69) is 49.1 Å². The van der Waals surface area contributed by atoms with E-state index in [-0.39, 0.29) is 11.3 Å². The third-order valence-corrected chi connectivity index (χ3v) is 5.03. The van der Waals surface area contributed by atoms with E-state index in [1.807, 2.05) is 6.07 Å². The van der Waals surface area contributed by atoms with E-state index in [9.17, 15) is 4.79 Å². The van der Waals surface area contributed by atoms with Crippen LogP contribution in [-0.4, -0.2) is 11.4 Å². The maximum Gasteiger partial charge on any atom is 0.166 e. The van der Waals surface area contributed by atoms with E-state index in [0.717, 1.165) is 36.8 Å². The molecule has 0 bridgehead atoms. The van der Waals surface area contributed by atoms with Crippen molar-refractivity contribution in [1.82, 2.24) is 0 Å². The predicted molar refractivity (Wildman–Crippen MR) is 88.3 cm³/mol. The van der Waals surface area contributed by atoms with Gasteiger partial charge in [-0.3, -0.25) is 4.79 Å². The molecule has 0 radical (unpaired) electrons. The first-order chi connectivity index (χ1) is 9.29. The molecule has 0 atom stereocenters. The van der Waals surface area contributed by atoms with Crippen LogP contribution < -0.4 is 0 Å². The second-order valence-electron chi connectivity index (χ2n) is 7.19. The van der Waals surface area contributed by atoms with E-state index in [1.54, 1.807) is 0 Å². The highest BCUT2D eigenvalue weighted by Crippen LogP contribution is 2.32. The molecule has 1 aliphatic rings. The van der Waals surface area contributed by atoms with Crippen molar-refractivity contribution >= 4 is 15.0 Å². The number of benzene rings is 1. The molecule has 1 aliphatic carbocycles. The minimum atomic E-state index is 0.139. The topological polar surface area (TPSA) is 17.1 Å². The third kappa shape index (κ3) is 3.50. The Hall–Kier alpha value is -0.680. The average Bonchev–Trinajstić information content (AvgIpc) is 2.37. The van der Waals surface area contributed by atoms with Gasteiger partial charge in [0.25, 0.3) is 0 Å². The number of hydrogen-bond donors (Lipinski definition) is 0. The molecule has 1 fully saturated rings. The summed E-state index contributed by atoms with van der Waals surface area (Å²) in [6, 6.07) is 6.34. The lowest BCUT2D eigenvalue weighted by molar-refractivity contribution is 0.0890. The summed E-state index contributed by atoms with van der Waals surface area (Å²) < 4.78 is 0. The van der Waals surface area contributed by atoms with Crippen LogP contribution in [0.5, 0.6) is 0 Å². The zero-order chi connectivity index (χ0) is 14.9. The summed E-state index contributed by atoms with van der Waals surface area (Å²) in [6.45, 7) is 8.69. The lowest BCUT2D eigenvalue weighted by Gasteiger charge is -2.30. The highest BCUT2D eigenvalue weighted by Gasteiger charge is 2.25. The van der Waals surface area contributed by atoms with Crippen molar-refractivity contribution < 1.29 is 4.79 Å². The Labute approximate surface area is 125 Å². The van der Waals surface area contributed by atoms with Gasteiger partial charge in [-0.1, -0.05) is 51.8 Å². The molecule has 0 unspecified atom stereocenters. The van der Waals surface area contributed by atoms with Crippen LogP contribution in [-0.2, 0) is 5.41 Å². The molecular weight excluding hydrogens is 263 g/mol. The first kappa shape index (κ1) is 15.7. The fourth-order valence-electron chi connectivity index (χ4n) is 2.98. The molecule has 0 heterocycles. The normalized spacial score (nSPS) is 23.6. The molecule has 0 aromatic heterocycles. The Balaban J connectivity index is 2.19. The van der Waals surface area contributed by atoms with Crippen LogP contribution >= 0.6 is 9.24 Å². The van der Waals surface area contributed by atoms with Gasteiger partial charge in [0.05, 0.1) is 0 Å². The van der Waals surface area contributed by atoms with E-state index in [0.29, 0.717) is 11.4 Å². The summed E-state index contributed by atoms with van der Waals surface area (Å²) >= 11 is 0. The second kappa shape index (κ2) is 5.98. The SMILES string of the molecule is Cc1cc(C(C)(C)C)ccc1C(=O)C1CCC([PH-])CC1. The minimum Gasteiger partial charge on any atom is -0.555 e. The van der Waals surface area contributed by atoms with E-state index >= 15 is 0 Å². The number of Topliss-reactive ketones (excluding diaryl/α,β-unsaturated/α-hetero) is 1. The van der Waals surface area contributed by atoms with Crippen molar-refractivity contribution in [2.75, 3.05) is 0 Å². The minimum absolute atomic E-state index is 0.139. The van der Waals surface area contributed by atoms with Crippen LogP contribution in [0, 0.1) is 12.8 Å². The standard InChI is InChI=1S/C18H26OP/c1-12-11-14(18(2,3)4)7-10-16(12)17(19)13-5-8-15(20)9-6-13/h7,10-11,13,15,20H,5-6,8-9H2,1-4H3/q-1. The fourth-order valence-corrected chi connectivity index (χ4v) is 3.32. The largest absolute Gasteiger partial charge is 0.555 e. The van der Waals surface area contributed by atoms with Crippen molar-refractivity contribution in [1.29, 1.82) is 0 Å². The van der Waals surface area contributed by atoms with Gasteiger partial charge in [-0.15, -0.1) is 0 Å². The van der Waals surface area contributed by atoms with Crippen molar-refractivity contribution in [3.8, 4) is 0 Å². The Morgan fingerprint density at radius 1 is 1.15 bits per heavy atom. The van der Waals surface area contributed by atoms with Crippen LogP contribution in [0.15, 0.2) is 18.2 Å². The highest BCUT2D eigenvalue weighted by molar-refractivity contribution is 7.17. The number of aryl methyl sites for hydroxylation is 1. The van der Waals surface area contributed by atoms with Gasteiger partial charge in [-0.25, -0.2) is 0 Å². The zero-order valence-electron chi connectivity index (χ0n) is 13.1.